The van der Waals surface area contributed by atoms with Crippen molar-refractivity contribution in [2.24, 2.45) is 0 Å². The first-order valence-corrected chi connectivity index (χ1v) is 14.2. The Balaban J connectivity index is 2.37. The molecular weight excluding hydrogens is 486 g/mol. The molecule has 2 amide bonds. The van der Waals surface area contributed by atoms with Crippen LogP contribution in [0.5, 0.6) is 0 Å². The summed E-state index contributed by atoms with van der Waals surface area (Å²) in [6.07, 6.45) is 3.80. The number of aryl methyl sites for hydroxylation is 1. The topological polar surface area (TPSA) is 86.8 Å². The highest BCUT2D eigenvalue weighted by Crippen LogP contribution is 2.26. The molecule has 192 valence electrons. The van der Waals surface area contributed by atoms with Crippen LogP contribution in [0.1, 0.15) is 44.2 Å². The minimum Gasteiger partial charge on any atom is -0.354 e. The van der Waals surface area contributed by atoms with E-state index in [1.54, 1.807) is 19.1 Å². The van der Waals surface area contributed by atoms with E-state index in [0.717, 1.165) is 29.0 Å². The average molecular weight is 522 g/mol. The molecule has 0 radical (unpaired) electrons. The third kappa shape index (κ3) is 8.54. The summed E-state index contributed by atoms with van der Waals surface area (Å²) >= 11 is 6.13. The van der Waals surface area contributed by atoms with Crippen molar-refractivity contribution >= 4 is 39.1 Å². The van der Waals surface area contributed by atoms with E-state index < -0.39 is 28.5 Å². The van der Waals surface area contributed by atoms with Crippen molar-refractivity contribution in [3.8, 4) is 0 Å². The highest BCUT2D eigenvalue weighted by atomic mass is 35.5. The minimum atomic E-state index is -3.80. The van der Waals surface area contributed by atoms with Gasteiger partial charge in [0.25, 0.3) is 0 Å². The maximum atomic E-state index is 13.6. The molecule has 7 nitrogen and oxygen atoms in total. The van der Waals surface area contributed by atoms with Crippen LogP contribution in [0.25, 0.3) is 0 Å². The zero-order chi connectivity index (χ0) is 26.0. The third-order valence-corrected chi connectivity index (χ3v) is 7.18. The standard InChI is InChI=1S/C26H36ClN3O4S/c1-5-7-16-28-26(32)23(6-2)29(17-15-21-11-9-8-10-12-21)25(31)19-30(35(4,33)34)24-18-22(27)14-13-20(24)3/h8-14,18,23H,5-7,15-17,19H2,1-4H3,(H,28,32)/t23-/m0/s1. The number of sulfonamides is 1. The third-order valence-electron chi connectivity index (χ3n) is 5.82. The van der Waals surface area contributed by atoms with Crippen LogP contribution in [0, 0.1) is 6.92 Å². The summed E-state index contributed by atoms with van der Waals surface area (Å²) in [5.74, 6) is -0.671. The molecule has 0 heterocycles. The average Bonchev–Trinajstić information content (AvgIpc) is 2.81. The number of hydrogen-bond donors (Lipinski definition) is 1. The second kappa shape index (κ2) is 13.5. The second-order valence-corrected chi connectivity index (χ2v) is 10.9. The van der Waals surface area contributed by atoms with Crippen LogP contribution in [-0.4, -0.2) is 57.1 Å². The molecule has 0 aliphatic carbocycles. The SMILES string of the molecule is CCCCNC(=O)[C@H](CC)N(CCc1ccccc1)C(=O)CN(c1cc(Cl)ccc1C)S(C)(=O)=O. The van der Waals surface area contributed by atoms with Crippen molar-refractivity contribution in [1.82, 2.24) is 10.2 Å². The first kappa shape index (κ1) is 28.7. The molecule has 0 saturated heterocycles. The maximum absolute atomic E-state index is 13.6. The zero-order valence-corrected chi connectivity index (χ0v) is 22.5. The zero-order valence-electron chi connectivity index (χ0n) is 21.0. The van der Waals surface area contributed by atoms with Crippen molar-refractivity contribution in [2.75, 3.05) is 30.2 Å². The van der Waals surface area contributed by atoms with E-state index in [1.807, 2.05) is 44.2 Å². The molecule has 35 heavy (non-hydrogen) atoms. The number of halogens is 1. The molecular formula is C26H36ClN3O4S. The summed E-state index contributed by atoms with van der Waals surface area (Å²) in [5.41, 5.74) is 2.04. The fraction of sp³-hybridized carbons (Fsp3) is 0.462. The van der Waals surface area contributed by atoms with Crippen molar-refractivity contribution in [1.29, 1.82) is 0 Å². The fourth-order valence-electron chi connectivity index (χ4n) is 3.85. The van der Waals surface area contributed by atoms with E-state index in [9.17, 15) is 18.0 Å². The quantitative estimate of drug-likeness (QED) is 0.400. The molecule has 2 aromatic rings. The second-order valence-electron chi connectivity index (χ2n) is 8.59. The van der Waals surface area contributed by atoms with E-state index >= 15 is 0 Å². The Kier molecular flexibility index (Phi) is 11.0. The molecule has 2 aromatic carbocycles. The Morgan fingerprint density at radius 3 is 2.37 bits per heavy atom. The van der Waals surface area contributed by atoms with Crippen LogP contribution in [-0.2, 0) is 26.0 Å². The van der Waals surface area contributed by atoms with Gasteiger partial charge in [-0.25, -0.2) is 8.42 Å². The summed E-state index contributed by atoms with van der Waals surface area (Å²) in [7, 11) is -3.80. The molecule has 9 heteroatoms. The lowest BCUT2D eigenvalue weighted by Crippen LogP contribution is -2.53. The van der Waals surface area contributed by atoms with Gasteiger partial charge in [0.1, 0.15) is 12.6 Å². The molecule has 0 spiro atoms. The number of benzene rings is 2. The number of unbranched alkanes of at least 4 members (excludes halogenated alkanes) is 1. The number of carbonyl (C=O) groups excluding carboxylic acids is 2. The number of nitrogens with one attached hydrogen (secondary N) is 1. The maximum Gasteiger partial charge on any atom is 0.244 e. The normalized spacial score (nSPS) is 12.1. The van der Waals surface area contributed by atoms with Gasteiger partial charge in [-0.05, 0) is 49.4 Å². The Morgan fingerprint density at radius 2 is 1.77 bits per heavy atom. The summed E-state index contributed by atoms with van der Waals surface area (Å²) in [6, 6.07) is 13.9. The van der Waals surface area contributed by atoms with Crippen LogP contribution in [0.2, 0.25) is 5.02 Å². The number of rotatable bonds is 13. The monoisotopic (exact) mass is 521 g/mol. The fourth-order valence-corrected chi connectivity index (χ4v) is 4.91. The molecule has 0 fully saturated rings. The van der Waals surface area contributed by atoms with Gasteiger partial charge < -0.3 is 10.2 Å². The molecule has 1 N–H and O–H groups in total. The number of carbonyl (C=O) groups is 2. The summed E-state index contributed by atoms with van der Waals surface area (Å²) in [4.78, 5) is 28.1. The van der Waals surface area contributed by atoms with Gasteiger partial charge in [0.15, 0.2) is 0 Å². The summed E-state index contributed by atoms with van der Waals surface area (Å²) in [5, 5.41) is 3.29. The predicted molar refractivity (Wildman–Crippen MR) is 142 cm³/mol. The van der Waals surface area contributed by atoms with Gasteiger partial charge >= 0.3 is 0 Å². The summed E-state index contributed by atoms with van der Waals surface area (Å²) < 4.78 is 26.5. The molecule has 0 unspecified atom stereocenters. The molecule has 0 bridgehead atoms. The molecule has 0 aliphatic rings. The Morgan fingerprint density at radius 1 is 1.09 bits per heavy atom. The highest BCUT2D eigenvalue weighted by molar-refractivity contribution is 7.92. The molecule has 0 saturated carbocycles. The van der Waals surface area contributed by atoms with Gasteiger partial charge in [-0.2, -0.15) is 0 Å². The minimum absolute atomic E-state index is 0.229. The first-order valence-electron chi connectivity index (χ1n) is 11.9. The number of hydrogen-bond acceptors (Lipinski definition) is 4. The Bertz CT molecular complexity index is 1090. The number of amides is 2. The van der Waals surface area contributed by atoms with Crippen molar-refractivity contribution < 1.29 is 18.0 Å². The smallest absolute Gasteiger partial charge is 0.244 e. The van der Waals surface area contributed by atoms with E-state index in [1.165, 1.54) is 11.0 Å². The Hall–Kier alpha value is -2.58. The number of anilines is 1. The van der Waals surface area contributed by atoms with E-state index in [2.05, 4.69) is 5.32 Å². The van der Waals surface area contributed by atoms with Crippen LogP contribution < -0.4 is 9.62 Å². The van der Waals surface area contributed by atoms with Gasteiger partial charge in [0.2, 0.25) is 21.8 Å². The highest BCUT2D eigenvalue weighted by Gasteiger charge is 2.31. The van der Waals surface area contributed by atoms with Crippen LogP contribution >= 0.6 is 11.6 Å². The molecule has 0 aromatic heterocycles. The van der Waals surface area contributed by atoms with Crippen LogP contribution in [0.4, 0.5) is 5.69 Å². The van der Waals surface area contributed by atoms with Gasteiger partial charge in [0.05, 0.1) is 11.9 Å². The number of nitrogens with zero attached hydrogens (tertiary/aromatic N) is 2. The molecule has 0 aliphatic heterocycles. The lowest BCUT2D eigenvalue weighted by Gasteiger charge is -2.33. The molecule has 2 rings (SSSR count). The van der Waals surface area contributed by atoms with Crippen molar-refractivity contribution in [2.45, 2.75) is 52.5 Å². The van der Waals surface area contributed by atoms with Crippen LogP contribution in [0.15, 0.2) is 48.5 Å². The van der Waals surface area contributed by atoms with Crippen molar-refractivity contribution in [3.63, 3.8) is 0 Å². The first-order chi connectivity index (χ1) is 16.6. The van der Waals surface area contributed by atoms with E-state index in [0.29, 0.717) is 35.7 Å². The van der Waals surface area contributed by atoms with Gasteiger partial charge in [-0.15, -0.1) is 0 Å². The largest absolute Gasteiger partial charge is 0.354 e. The lowest BCUT2D eigenvalue weighted by atomic mass is 10.1. The van der Waals surface area contributed by atoms with Gasteiger partial charge in [-0.3, -0.25) is 13.9 Å². The van der Waals surface area contributed by atoms with Gasteiger partial charge in [0, 0.05) is 18.1 Å². The van der Waals surface area contributed by atoms with E-state index in [4.69, 9.17) is 11.6 Å². The predicted octanol–water partition coefficient (Wildman–Crippen LogP) is 4.18. The molecule has 1 atom stereocenters. The Labute approximate surface area is 214 Å². The van der Waals surface area contributed by atoms with Gasteiger partial charge in [-0.1, -0.05) is 68.3 Å². The lowest BCUT2D eigenvalue weighted by molar-refractivity contribution is -0.139. The summed E-state index contributed by atoms with van der Waals surface area (Å²) in [6.45, 7) is 6.04. The van der Waals surface area contributed by atoms with Crippen LogP contribution in [0.3, 0.4) is 0 Å². The van der Waals surface area contributed by atoms with E-state index in [-0.39, 0.29) is 12.5 Å². The van der Waals surface area contributed by atoms with Crippen molar-refractivity contribution in [3.05, 3.63) is 64.7 Å².